The first kappa shape index (κ1) is 15.3. The maximum atomic E-state index is 13.6. The van der Waals surface area contributed by atoms with Crippen molar-refractivity contribution in [1.82, 2.24) is 0 Å². The smallest absolute Gasteiger partial charge is 0.272 e. The van der Waals surface area contributed by atoms with Gasteiger partial charge in [-0.2, -0.15) is 5.26 Å². The van der Waals surface area contributed by atoms with Crippen molar-refractivity contribution in [2.24, 2.45) is 0 Å². The van der Waals surface area contributed by atoms with Gasteiger partial charge in [-0.25, -0.2) is 4.39 Å². The molecular weight excluding hydrogens is 291 g/mol. The Bertz CT molecular complexity index is 728. The van der Waals surface area contributed by atoms with Crippen LogP contribution in [0, 0.1) is 27.3 Å². The first-order valence-electron chi connectivity index (χ1n) is 6.30. The van der Waals surface area contributed by atoms with Gasteiger partial charge >= 0.3 is 0 Å². The fourth-order valence-corrected chi connectivity index (χ4v) is 1.69. The highest BCUT2D eigenvalue weighted by atomic mass is 19.1. The van der Waals surface area contributed by atoms with Crippen molar-refractivity contribution >= 4 is 5.69 Å². The Kier molecular flexibility index (Phi) is 4.88. The van der Waals surface area contributed by atoms with Gasteiger partial charge in [0.2, 0.25) is 0 Å². The first-order valence-corrected chi connectivity index (χ1v) is 6.30. The average molecular weight is 302 g/mol. The van der Waals surface area contributed by atoms with Gasteiger partial charge in [0.05, 0.1) is 22.6 Å². The molecule has 6 nitrogen and oxygen atoms in total. The molecule has 0 aliphatic carbocycles. The van der Waals surface area contributed by atoms with Gasteiger partial charge in [0.15, 0.2) is 11.6 Å². The quantitative estimate of drug-likeness (QED) is 0.465. The van der Waals surface area contributed by atoms with E-state index < -0.39 is 10.7 Å². The van der Waals surface area contributed by atoms with Crippen molar-refractivity contribution in [3.05, 3.63) is 64.0 Å². The Morgan fingerprint density at radius 2 is 1.95 bits per heavy atom. The zero-order valence-corrected chi connectivity index (χ0v) is 11.4. The summed E-state index contributed by atoms with van der Waals surface area (Å²) in [6.07, 6.45) is 0. The Hall–Kier alpha value is -3.14. The van der Waals surface area contributed by atoms with E-state index in [1.807, 2.05) is 6.07 Å². The lowest BCUT2D eigenvalue weighted by atomic mass is 10.2. The summed E-state index contributed by atoms with van der Waals surface area (Å²) in [5.74, 6) is -0.382. The molecule has 0 aliphatic heterocycles. The van der Waals surface area contributed by atoms with Crippen molar-refractivity contribution in [3.8, 4) is 17.6 Å². The molecule has 0 unspecified atom stereocenters. The second kappa shape index (κ2) is 7.04. The number of hydrogen-bond acceptors (Lipinski definition) is 5. The second-order valence-electron chi connectivity index (χ2n) is 4.21. The monoisotopic (exact) mass is 302 g/mol. The topological polar surface area (TPSA) is 85.4 Å². The van der Waals surface area contributed by atoms with Crippen LogP contribution < -0.4 is 9.47 Å². The van der Waals surface area contributed by atoms with Crippen molar-refractivity contribution in [3.63, 3.8) is 0 Å². The molecule has 0 spiro atoms. The van der Waals surface area contributed by atoms with Gasteiger partial charge < -0.3 is 9.47 Å². The molecule has 2 aromatic rings. The highest BCUT2D eigenvalue weighted by Gasteiger charge is 2.11. The molecule has 0 saturated carbocycles. The first-order chi connectivity index (χ1) is 10.6. The molecule has 2 aromatic carbocycles. The Morgan fingerprint density at radius 1 is 1.18 bits per heavy atom. The highest BCUT2D eigenvalue weighted by molar-refractivity contribution is 5.38. The fraction of sp³-hybridized carbons (Fsp3) is 0.133. The van der Waals surface area contributed by atoms with E-state index in [1.54, 1.807) is 24.3 Å². The van der Waals surface area contributed by atoms with E-state index in [-0.39, 0.29) is 24.7 Å². The SMILES string of the molecule is N#Cc1cccc(OCCOc2ccc([N+](=O)[O-])cc2F)c1. The Morgan fingerprint density at radius 3 is 2.64 bits per heavy atom. The van der Waals surface area contributed by atoms with Gasteiger partial charge in [0.25, 0.3) is 5.69 Å². The molecule has 0 amide bonds. The highest BCUT2D eigenvalue weighted by Crippen LogP contribution is 2.22. The standard InChI is InChI=1S/C15H11FN2O4/c16-14-9-12(18(19)20)4-5-15(14)22-7-6-21-13-3-1-2-11(8-13)10-17/h1-5,8-9H,6-7H2. The second-order valence-corrected chi connectivity index (χ2v) is 4.21. The van der Waals surface area contributed by atoms with Gasteiger partial charge in [0, 0.05) is 6.07 Å². The molecule has 0 N–H and O–H groups in total. The lowest BCUT2D eigenvalue weighted by Crippen LogP contribution is -2.09. The van der Waals surface area contributed by atoms with Crippen molar-refractivity contribution in [1.29, 1.82) is 5.26 Å². The van der Waals surface area contributed by atoms with E-state index in [1.165, 1.54) is 6.07 Å². The lowest BCUT2D eigenvalue weighted by Gasteiger charge is -2.09. The normalized spacial score (nSPS) is 9.82. The third-order valence-corrected chi connectivity index (χ3v) is 2.70. The predicted molar refractivity (Wildman–Crippen MR) is 75.2 cm³/mol. The Labute approximate surface area is 125 Å². The Balaban J connectivity index is 1.86. The third-order valence-electron chi connectivity index (χ3n) is 2.70. The molecule has 0 fully saturated rings. The molecule has 22 heavy (non-hydrogen) atoms. The number of ether oxygens (including phenoxy) is 2. The third kappa shape index (κ3) is 3.93. The summed E-state index contributed by atoms with van der Waals surface area (Å²) in [4.78, 5) is 9.81. The van der Waals surface area contributed by atoms with Gasteiger partial charge in [-0.3, -0.25) is 10.1 Å². The fourth-order valence-electron chi connectivity index (χ4n) is 1.69. The largest absolute Gasteiger partial charge is 0.490 e. The van der Waals surface area contributed by atoms with Gasteiger partial charge in [-0.1, -0.05) is 6.07 Å². The minimum atomic E-state index is -0.805. The molecule has 0 atom stereocenters. The van der Waals surface area contributed by atoms with E-state index in [0.29, 0.717) is 11.3 Å². The van der Waals surface area contributed by atoms with E-state index in [9.17, 15) is 14.5 Å². The van der Waals surface area contributed by atoms with Crippen LogP contribution in [0.25, 0.3) is 0 Å². The van der Waals surface area contributed by atoms with Crippen LogP contribution in [-0.4, -0.2) is 18.1 Å². The number of nitrogens with zero attached hydrogens (tertiary/aromatic N) is 2. The van der Waals surface area contributed by atoms with Gasteiger partial charge in [0.1, 0.15) is 19.0 Å². The predicted octanol–water partition coefficient (Wildman–Crippen LogP) is 3.06. The zero-order valence-electron chi connectivity index (χ0n) is 11.4. The van der Waals surface area contributed by atoms with Crippen molar-refractivity contribution < 1.29 is 18.8 Å². The summed E-state index contributed by atoms with van der Waals surface area (Å²) in [7, 11) is 0. The minimum absolute atomic E-state index is 0.0610. The summed E-state index contributed by atoms with van der Waals surface area (Å²) in [6.45, 7) is 0.205. The number of nitriles is 1. The van der Waals surface area contributed by atoms with Crippen LogP contribution in [-0.2, 0) is 0 Å². The summed E-state index contributed by atoms with van der Waals surface area (Å²) in [5, 5.41) is 19.2. The van der Waals surface area contributed by atoms with Crippen LogP contribution in [0.4, 0.5) is 10.1 Å². The average Bonchev–Trinajstić information content (AvgIpc) is 2.52. The number of halogens is 1. The van der Waals surface area contributed by atoms with Crippen LogP contribution in [0.15, 0.2) is 42.5 Å². The molecule has 0 bridgehead atoms. The molecular formula is C15H11FN2O4. The van der Waals surface area contributed by atoms with Gasteiger partial charge in [-0.15, -0.1) is 0 Å². The summed E-state index contributed by atoms with van der Waals surface area (Å²) in [5.41, 5.74) is 0.134. The van der Waals surface area contributed by atoms with Crippen molar-refractivity contribution in [2.45, 2.75) is 0 Å². The van der Waals surface area contributed by atoms with Crippen LogP contribution >= 0.6 is 0 Å². The summed E-state index contributed by atoms with van der Waals surface area (Å²) in [6, 6.07) is 11.7. The molecule has 7 heteroatoms. The molecule has 0 radical (unpaired) electrons. The number of nitro benzene ring substituents is 1. The van der Waals surface area contributed by atoms with E-state index in [2.05, 4.69) is 0 Å². The number of nitro groups is 1. The molecule has 0 heterocycles. The van der Waals surface area contributed by atoms with Crippen molar-refractivity contribution in [2.75, 3.05) is 13.2 Å². The number of rotatable bonds is 6. The maximum Gasteiger partial charge on any atom is 0.272 e. The lowest BCUT2D eigenvalue weighted by molar-refractivity contribution is -0.385. The number of non-ortho nitro benzene ring substituents is 1. The molecule has 0 aromatic heterocycles. The van der Waals surface area contributed by atoms with Crippen LogP contribution in [0.1, 0.15) is 5.56 Å². The zero-order chi connectivity index (χ0) is 15.9. The molecule has 0 aliphatic rings. The molecule has 2 rings (SSSR count). The van der Waals surface area contributed by atoms with E-state index in [4.69, 9.17) is 14.7 Å². The van der Waals surface area contributed by atoms with Crippen LogP contribution in [0.3, 0.4) is 0 Å². The van der Waals surface area contributed by atoms with Crippen LogP contribution in [0.5, 0.6) is 11.5 Å². The van der Waals surface area contributed by atoms with Gasteiger partial charge in [-0.05, 0) is 24.3 Å². The molecule has 112 valence electrons. The number of benzene rings is 2. The minimum Gasteiger partial charge on any atom is -0.490 e. The maximum absolute atomic E-state index is 13.6. The van der Waals surface area contributed by atoms with E-state index >= 15 is 0 Å². The van der Waals surface area contributed by atoms with E-state index in [0.717, 1.165) is 12.1 Å². The summed E-state index contributed by atoms with van der Waals surface area (Å²) >= 11 is 0. The summed E-state index contributed by atoms with van der Waals surface area (Å²) < 4.78 is 24.1. The molecule has 0 saturated heterocycles. The number of hydrogen-bond donors (Lipinski definition) is 0. The van der Waals surface area contributed by atoms with Crippen LogP contribution in [0.2, 0.25) is 0 Å².